The van der Waals surface area contributed by atoms with Crippen molar-refractivity contribution < 1.29 is 8.42 Å². The number of aryl methyl sites for hydroxylation is 1. The molecule has 5 nitrogen and oxygen atoms in total. The number of hydrogen-bond acceptors (Lipinski definition) is 4. The van der Waals surface area contributed by atoms with Crippen LogP contribution >= 0.6 is 0 Å². The largest absolute Gasteiger partial charge is 0.326 e. The van der Waals surface area contributed by atoms with Crippen molar-refractivity contribution in [3.05, 3.63) is 42.7 Å². The van der Waals surface area contributed by atoms with Crippen LogP contribution in [0.5, 0.6) is 0 Å². The number of anilines is 2. The number of imidazole rings is 1. The molecule has 102 valence electrons. The highest BCUT2D eigenvalue weighted by molar-refractivity contribution is 7.90. The monoisotopic (exact) mass is 279 g/mol. The SMILES string of the molecule is CS(=O)(=O)CCCn1ccnc1Nc1ccccc1. The van der Waals surface area contributed by atoms with Crippen molar-refractivity contribution in [3.63, 3.8) is 0 Å². The number of hydrogen-bond donors (Lipinski definition) is 1. The van der Waals surface area contributed by atoms with Gasteiger partial charge < -0.3 is 9.88 Å². The fraction of sp³-hybridized carbons (Fsp3) is 0.308. The number of nitrogens with one attached hydrogen (secondary N) is 1. The Balaban J connectivity index is 1.98. The van der Waals surface area contributed by atoms with Gasteiger partial charge in [-0.05, 0) is 18.6 Å². The summed E-state index contributed by atoms with van der Waals surface area (Å²) < 4.78 is 24.1. The molecule has 0 aliphatic carbocycles. The van der Waals surface area contributed by atoms with Crippen molar-refractivity contribution in [1.82, 2.24) is 9.55 Å². The summed E-state index contributed by atoms with van der Waals surface area (Å²) in [6.45, 7) is 0.627. The van der Waals surface area contributed by atoms with Gasteiger partial charge in [0.1, 0.15) is 9.84 Å². The molecule has 0 radical (unpaired) electrons. The molecule has 2 aromatic rings. The van der Waals surface area contributed by atoms with Gasteiger partial charge in [-0.2, -0.15) is 0 Å². The van der Waals surface area contributed by atoms with Crippen molar-refractivity contribution >= 4 is 21.5 Å². The molecule has 2 rings (SSSR count). The molecule has 0 atom stereocenters. The van der Waals surface area contributed by atoms with E-state index in [0.717, 1.165) is 11.6 Å². The van der Waals surface area contributed by atoms with E-state index in [2.05, 4.69) is 10.3 Å². The summed E-state index contributed by atoms with van der Waals surface area (Å²) in [4.78, 5) is 4.23. The summed E-state index contributed by atoms with van der Waals surface area (Å²) in [5.41, 5.74) is 0.957. The van der Waals surface area contributed by atoms with Gasteiger partial charge in [-0.15, -0.1) is 0 Å². The Morgan fingerprint density at radius 3 is 2.68 bits per heavy atom. The molecular formula is C13H17N3O2S. The molecule has 6 heteroatoms. The lowest BCUT2D eigenvalue weighted by Crippen LogP contribution is -2.09. The van der Waals surface area contributed by atoms with E-state index < -0.39 is 9.84 Å². The maximum Gasteiger partial charge on any atom is 0.207 e. The standard InChI is InChI=1S/C13H17N3O2S/c1-19(17,18)11-5-9-16-10-8-14-13(16)15-12-6-3-2-4-7-12/h2-4,6-8,10H,5,9,11H2,1H3,(H,14,15). The minimum Gasteiger partial charge on any atom is -0.326 e. The fourth-order valence-electron chi connectivity index (χ4n) is 1.76. The van der Waals surface area contributed by atoms with Crippen LogP contribution in [0.15, 0.2) is 42.7 Å². The number of rotatable bonds is 6. The minimum absolute atomic E-state index is 0.190. The molecule has 0 unspecified atom stereocenters. The number of para-hydroxylation sites is 1. The predicted octanol–water partition coefficient (Wildman–Crippen LogP) is 2.06. The maximum atomic E-state index is 11.1. The van der Waals surface area contributed by atoms with E-state index >= 15 is 0 Å². The molecule has 1 heterocycles. The Kier molecular flexibility index (Phi) is 4.21. The molecule has 1 N–H and O–H groups in total. The first-order valence-corrected chi connectivity index (χ1v) is 8.11. The lowest BCUT2D eigenvalue weighted by Gasteiger charge is -2.09. The zero-order valence-corrected chi connectivity index (χ0v) is 11.6. The van der Waals surface area contributed by atoms with E-state index in [0.29, 0.717) is 13.0 Å². The summed E-state index contributed by atoms with van der Waals surface area (Å²) in [5, 5.41) is 3.20. The van der Waals surface area contributed by atoms with Gasteiger partial charge in [-0.3, -0.25) is 0 Å². The third kappa shape index (κ3) is 4.40. The lowest BCUT2D eigenvalue weighted by molar-refractivity contribution is 0.592. The Labute approximate surface area is 113 Å². The molecule has 0 aliphatic heterocycles. The van der Waals surface area contributed by atoms with Crippen molar-refractivity contribution in [2.75, 3.05) is 17.3 Å². The second kappa shape index (κ2) is 5.88. The van der Waals surface area contributed by atoms with E-state index in [4.69, 9.17) is 0 Å². The lowest BCUT2D eigenvalue weighted by atomic mass is 10.3. The van der Waals surface area contributed by atoms with Gasteiger partial charge in [-0.1, -0.05) is 18.2 Å². The van der Waals surface area contributed by atoms with Gasteiger partial charge in [0.2, 0.25) is 5.95 Å². The van der Waals surface area contributed by atoms with Crippen LogP contribution in [0.1, 0.15) is 6.42 Å². The Hall–Kier alpha value is -1.82. The summed E-state index contributed by atoms with van der Waals surface area (Å²) in [6.07, 6.45) is 5.38. The van der Waals surface area contributed by atoms with E-state index in [9.17, 15) is 8.42 Å². The molecule has 0 aliphatic rings. The highest BCUT2D eigenvalue weighted by Gasteiger charge is 2.05. The first kappa shape index (κ1) is 13.6. The topological polar surface area (TPSA) is 64.0 Å². The number of sulfone groups is 1. The Morgan fingerprint density at radius 2 is 2.00 bits per heavy atom. The third-order valence-corrected chi connectivity index (χ3v) is 3.69. The van der Waals surface area contributed by atoms with Crippen LogP contribution in [0.2, 0.25) is 0 Å². The van der Waals surface area contributed by atoms with Crippen molar-refractivity contribution in [3.8, 4) is 0 Å². The molecule has 0 amide bonds. The Morgan fingerprint density at radius 1 is 1.26 bits per heavy atom. The van der Waals surface area contributed by atoms with Crippen LogP contribution in [0.4, 0.5) is 11.6 Å². The molecule has 0 saturated heterocycles. The van der Waals surface area contributed by atoms with Gasteiger partial charge in [-0.25, -0.2) is 13.4 Å². The smallest absolute Gasteiger partial charge is 0.207 e. The van der Waals surface area contributed by atoms with Gasteiger partial charge >= 0.3 is 0 Å². The number of aromatic nitrogens is 2. The predicted molar refractivity (Wildman–Crippen MR) is 76.3 cm³/mol. The molecular weight excluding hydrogens is 262 g/mol. The van der Waals surface area contributed by atoms with Crippen LogP contribution in [-0.4, -0.2) is 30.0 Å². The molecule has 0 fully saturated rings. The summed E-state index contributed by atoms with van der Waals surface area (Å²) in [7, 11) is -2.90. The van der Waals surface area contributed by atoms with Crippen LogP contribution < -0.4 is 5.32 Å². The quantitative estimate of drug-likeness (QED) is 0.879. The maximum absolute atomic E-state index is 11.1. The van der Waals surface area contributed by atoms with E-state index in [1.807, 2.05) is 41.1 Å². The van der Waals surface area contributed by atoms with Crippen LogP contribution in [-0.2, 0) is 16.4 Å². The average molecular weight is 279 g/mol. The van der Waals surface area contributed by atoms with Crippen LogP contribution in [0, 0.1) is 0 Å². The summed E-state index contributed by atoms with van der Waals surface area (Å²) in [6, 6.07) is 9.74. The Bertz CT molecular complexity index is 620. The minimum atomic E-state index is -2.90. The molecule has 19 heavy (non-hydrogen) atoms. The van der Waals surface area contributed by atoms with Crippen LogP contribution in [0.25, 0.3) is 0 Å². The zero-order chi connectivity index (χ0) is 13.7. The van der Waals surface area contributed by atoms with E-state index in [-0.39, 0.29) is 5.75 Å². The van der Waals surface area contributed by atoms with Crippen molar-refractivity contribution in [2.24, 2.45) is 0 Å². The number of nitrogens with zero attached hydrogens (tertiary/aromatic N) is 2. The molecule has 0 spiro atoms. The molecule has 1 aromatic heterocycles. The second-order valence-electron chi connectivity index (χ2n) is 4.42. The third-order valence-electron chi connectivity index (χ3n) is 2.66. The average Bonchev–Trinajstić information content (AvgIpc) is 2.76. The van der Waals surface area contributed by atoms with E-state index in [1.54, 1.807) is 6.20 Å². The van der Waals surface area contributed by atoms with Gasteiger partial charge in [0.15, 0.2) is 0 Å². The number of benzene rings is 1. The second-order valence-corrected chi connectivity index (χ2v) is 6.68. The van der Waals surface area contributed by atoms with Gasteiger partial charge in [0.05, 0.1) is 5.75 Å². The molecule has 0 bridgehead atoms. The first-order chi connectivity index (χ1) is 9.04. The van der Waals surface area contributed by atoms with Gasteiger partial charge in [0, 0.05) is 30.9 Å². The van der Waals surface area contributed by atoms with Crippen molar-refractivity contribution in [1.29, 1.82) is 0 Å². The highest BCUT2D eigenvalue weighted by Crippen LogP contribution is 2.14. The first-order valence-electron chi connectivity index (χ1n) is 6.05. The fourth-order valence-corrected chi connectivity index (χ4v) is 2.41. The van der Waals surface area contributed by atoms with E-state index in [1.165, 1.54) is 6.26 Å². The molecule has 0 saturated carbocycles. The van der Waals surface area contributed by atoms with Gasteiger partial charge in [0.25, 0.3) is 0 Å². The molecule has 1 aromatic carbocycles. The summed E-state index contributed by atoms with van der Waals surface area (Å²) in [5.74, 6) is 0.912. The van der Waals surface area contributed by atoms with Crippen LogP contribution in [0.3, 0.4) is 0 Å². The van der Waals surface area contributed by atoms with Crippen molar-refractivity contribution in [2.45, 2.75) is 13.0 Å². The zero-order valence-electron chi connectivity index (χ0n) is 10.8. The normalized spacial score (nSPS) is 11.4. The summed E-state index contributed by atoms with van der Waals surface area (Å²) >= 11 is 0. The highest BCUT2D eigenvalue weighted by atomic mass is 32.2.